The van der Waals surface area contributed by atoms with Crippen LogP contribution in [0, 0.1) is 0 Å². The molecule has 2 amide bonds. The Labute approximate surface area is 135 Å². The molecular formula is C14H15ClF3N3O2. The van der Waals surface area contributed by atoms with Crippen LogP contribution in [0.25, 0.3) is 0 Å². The Kier molecular flexibility index (Phi) is 5.16. The standard InChI is InChI=1S/C14H15ClF3N3O2/c1-8(21-5-4-19-12(22)7-21)13(23)20-11-3-2-9(15)6-10(11)14(16,17)18/h2-3,6,8H,4-5,7H2,1H3,(H,19,22)(H,20,23)/t8-/m0/s1. The minimum atomic E-state index is -4.64. The van der Waals surface area contributed by atoms with Crippen molar-refractivity contribution in [3.8, 4) is 0 Å². The fourth-order valence-corrected chi connectivity index (χ4v) is 2.42. The molecule has 0 saturated carbocycles. The second kappa shape index (κ2) is 6.76. The normalized spacial score (nSPS) is 17.5. The molecule has 1 aromatic rings. The molecule has 0 spiro atoms. The van der Waals surface area contributed by atoms with Crippen LogP contribution in [0.15, 0.2) is 18.2 Å². The first-order valence-electron chi connectivity index (χ1n) is 6.87. The molecule has 126 valence electrons. The highest BCUT2D eigenvalue weighted by Crippen LogP contribution is 2.36. The first-order chi connectivity index (χ1) is 10.7. The number of carbonyl (C=O) groups is 2. The lowest BCUT2D eigenvalue weighted by molar-refractivity contribution is -0.137. The Morgan fingerprint density at radius 1 is 1.43 bits per heavy atom. The van der Waals surface area contributed by atoms with E-state index in [0.717, 1.165) is 12.1 Å². The molecule has 2 rings (SSSR count). The smallest absolute Gasteiger partial charge is 0.354 e. The molecule has 23 heavy (non-hydrogen) atoms. The number of anilines is 1. The highest BCUT2D eigenvalue weighted by atomic mass is 35.5. The number of piperazine rings is 1. The van der Waals surface area contributed by atoms with Gasteiger partial charge in [-0.15, -0.1) is 0 Å². The van der Waals surface area contributed by atoms with Crippen LogP contribution in [-0.2, 0) is 15.8 Å². The summed E-state index contributed by atoms with van der Waals surface area (Å²) < 4.78 is 39.0. The van der Waals surface area contributed by atoms with Gasteiger partial charge in [0, 0.05) is 18.1 Å². The van der Waals surface area contributed by atoms with Gasteiger partial charge in [-0.25, -0.2) is 0 Å². The number of benzene rings is 1. The van der Waals surface area contributed by atoms with Crippen molar-refractivity contribution in [2.24, 2.45) is 0 Å². The summed E-state index contributed by atoms with van der Waals surface area (Å²) in [6.45, 7) is 2.41. The molecule has 1 aliphatic heterocycles. The topological polar surface area (TPSA) is 61.4 Å². The maximum atomic E-state index is 13.0. The SMILES string of the molecule is C[C@@H](C(=O)Nc1ccc(Cl)cc1C(F)(F)F)N1CCNC(=O)C1. The molecule has 9 heteroatoms. The number of hydrogen-bond acceptors (Lipinski definition) is 3. The molecule has 0 aromatic heterocycles. The predicted octanol–water partition coefficient (Wildman–Crippen LogP) is 2.12. The number of carbonyl (C=O) groups excluding carboxylic acids is 2. The van der Waals surface area contributed by atoms with E-state index in [9.17, 15) is 22.8 Å². The third-order valence-corrected chi connectivity index (χ3v) is 3.78. The summed E-state index contributed by atoms with van der Waals surface area (Å²) in [5.41, 5.74) is -1.37. The van der Waals surface area contributed by atoms with Crippen LogP contribution < -0.4 is 10.6 Å². The van der Waals surface area contributed by atoms with Gasteiger partial charge in [-0.1, -0.05) is 11.6 Å². The van der Waals surface area contributed by atoms with Crippen molar-refractivity contribution in [1.82, 2.24) is 10.2 Å². The van der Waals surface area contributed by atoms with Gasteiger partial charge in [-0.05, 0) is 25.1 Å². The quantitative estimate of drug-likeness (QED) is 0.878. The lowest BCUT2D eigenvalue weighted by Gasteiger charge is -2.31. The van der Waals surface area contributed by atoms with E-state index in [2.05, 4.69) is 10.6 Å². The van der Waals surface area contributed by atoms with Crippen molar-refractivity contribution >= 4 is 29.1 Å². The van der Waals surface area contributed by atoms with Crippen molar-refractivity contribution in [3.63, 3.8) is 0 Å². The Balaban J connectivity index is 2.15. The maximum absolute atomic E-state index is 13.0. The van der Waals surface area contributed by atoms with Gasteiger partial charge in [0.15, 0.2) is 0 Å². The monoisotopic (exact) mass is 349 g/mol. The molecule has 1 heterocycles. The minimum absolute atomic E-state index is 0.0291. The first kappa shape index (κ1) is 17.6. The van der Waals surface area contributed by atoms with Crippen molar-refractivity contribution in [3.05, 3.63) is 28.8 Å². The van der Waals surface area contributed by atoms with E-state index >= 15 is 0 Å². The van der Waals surface area contributed by atoms with Crippen molar-refractivity contribution in [1.29, 1.82) is 0 Å². The van der Waals surface area contributed by atoms with Gasteiger partial charge >= 0.3 is 6.18 Å². The van der Waals surface area contributed by atoms with Crippen molar-refractivity contribution in [2.45, 2.75) is 19.1 Å². The molecule has 0 aliphatic carbocycles. The van der Waals surface area contributed by atoms with E-state index in [-0.39, 0.29) is 23.2 Å². The molecule has 2 N–H and O–H groups in total. The second-order valence-electron chi connectivity index (χ2n) is 5.17. The summed E-state index contributed by atoms with van der Waals surface area (Å²) in [4.78, 5) is 25.1. The summed E-state index contributed by atoms with van der Waals surface area (Å²) in [5, 5.41) is 4.81. The summed E-state index contributed by atoms with van der Waals surface area (Å²) >= 11 is 5.59. The summed E-state index contributed by atoms with van der Waals surface area (Å²) in [7, 11) is 0. The van der Waals surface area contributed by atoms with Crippen LogP contribution in [0.2, 0.25) is 5.02 Å². The third-order valence-electron chi connectivity index (χ3n) is 3.54. The highest BCUT2D eigenvalue weighted by molar-refractivity contribution is 6.30. The van der Waals surface area contributed by atoms with Gasteiger partial charge in [0.05, 0.1) is 23.8 Å². The van der Waals surface area contributed by atoms with Crippen LogP contribution in [-0.4, -0.2) is 42.4 Å². The van der Waals surface area contributed by atoms with Crippen LogP contribution >= 0.6 is 11.6 Å². The van der Waals surface area contributed by atoms with Gasteiger partial charge in [-0.3, -0.25) is 14.5 Å². The average Bonchev–Trinajstić information content (AvgIpc) is 2.47. The lowest BCUT2D eigenvalue weighted by Crippen LogP contribution is -2.53. The number of nitrogens with one attached hydrogen (secondary N) is 2. The third kappa shape index (κ3) is 4.35. The second-order valence-corrected chi connectivity index (χ2v) is 5.61. The van der Waals surface area contributed by atoms with E-state index in [1.165, 1.54) is 13.0 Å². The molecule has 0 unspecified atom stereocenters. The maximum Gasteiger partial charge on any atom is 0.418 e. The van der Waals surface area contributed by atoms with Gasteiger partial charge in [0.25, 0.3) is 0 Å². The molecular weight excluding hydrogens is 335 g/mol. The number of amides is 2. The summed E-state index contributed by atoms with van der Waals surface area (Å²) in [5.74, 6) is -0.842. The van der Waals surface area contributed by atoms with Crippen LogP contribution in [0.5, 0.6) is 0 Å². The Morgan fingerprint density at radius 3 is 2.74 bits per heavy atom. The van der Waals surface area contributed by atoms with Gasteiger partial charge < -0.3 is 10.6 Å². The molecule has 1 aliphatic rings. The van der Waals surface area contributed by atoms with E-state index in [0.29, 0.717) is 13.1 Å². The molecule has 1 atom stereocenters. The molecule has 1 aromatic carbocycles. The number of nitrogens with zero attached hydrogens (tertiary/aromatic N) is 1. The summed E-state index contributed by atoms with van der Waals surface area (Å²) in [6, 6.07) is 2.40. The lowest BCUT2D eigenvalue weighted by atomic mass is 10.1. The van der Waals surface area contributed by atoms with E-state index in [4.69, 9.17) is 11.6 Å². The Bertz CT molecular complexity index is 622. The molecule has 1 saturated heterocycles. The van der Waals surface area contributed by atoms with Crippen LogP contribution in [0.1, 0.15) is 12.5 Å². The Hall–Kier alpha value is -1.80. The minimum Gasteiger partial charge on any atom is -0.354 e. The zero-order valence-corrected chi connectivity index (χ0v) is 13.0. The first-order valence-corrected chi connectivity index (χ1v) is 7.24. The fourth-order valence-electron chi connectivity index (χ4n) is 2.25. The number of halogens is 4. The molecule has 1 fully saturated rings. The molecule has 0 bridgehead atoms. The average molecular weight is 350 g/mol. The number of alkyl halides is 3. The highest BCUT2D eigenvalue weighted by Gasteiger charge is 2.35. The van der Waals surface area contributed by atoms with E-state index in [1.807, 2.05) is 0 Å². The molecule has 0 radical (unpaired) electrons. The summed E-state index contributed by atoms with van der Waals surface area (Å²) in [6.07, 6.45) is -4.64. The van der Waals surface area contributed by atoms with E-state index in [1.54, 1.807) is 4.90 Å². The van der Waals surface area contributed by atoms with Gasteiger partial charge in [-0.2, -0.15) is 13.2 Å². The van der Waals surface area contributed by atoms with Crippen molar-refractivity contribution < 1.29 is 22.8 Å². The van der Waals surface area contributed by atoms with Crippen LogP contribution in [0.4, 0.5) is 18.9 Å². The Morgan fingerprint density at radius 2 is 2.13 bits per heavy atom. The fraction of sp³-hybridized carbons (Fsp3) is 0.429. The largest absolute Gasteiger partial charge is 0.418 e. The van der Waals surface area contributed by atoms with Gasteiger partial charge in [0.1, 0.15) is 0 Å². The van der Waals surface area contributed by atoms with Crippen molar-refractivity contribution in [2.75, 3.05) is 25.0 Å². The zero-order chi connectivity index (χ0) is 17.2. The number of hydrogen-bond donors (Lipinski definition) is 2. The van der Waals surface area contributed by atoms with Crippen LogP contribution in [0.3, 0.4) is 0 Å². The number of rotatable bonds is 3. The van der Waals surface area contributed by atoms with E-state index < -0.39 is 23.7 Å². The predicted molar refractivity (Wildman–Crippen MR) is 79.1 cm³/mol. The zero-order valence-electron chi connectivity index (χ0n) is 12.2. The molecule has 5 nitrogen and oxygen atoms in total. The van der Waals surface area contributed by atoms with Gasteiger partial charge in [0.2, 0.25) is 11.8 Å².